The van der Waals surface area contributed by atoms with Crippen LogP contribution in [0.5, 0.6) is 0 Å². The molecule has 0 aliphatic heterocycles. The first-order valence-electron chi connectivity index (χ1n) is 5.72. The smallest absolute Gasteiger partial charge is 0.357 e. The van der Waals surface area contributed by atoms with Crippen molar-refractivity contribution in [2.24, 2.45) is 0 Å². The van der Waals surface area contributed by atoms with Gasteiger partial charge in [0.1, 0.15) is 0 Å². The summed E-state index contributed by atoms with van der Waals surface area (Å²) in [5.74, 6) is -0.369. The van der Waals surface area contributed by atoms with E-state index in [4.69, 9.17) is 9.47 Å². The van der Waals surface area contributed by atoms with Crippen LogP contribution < -0.4 is 5.32 Å². The van der Waals surface area contributed by atoms with Crippen molar-refractivity contribution in [3.63, 3.8) is 0 Å². The summed E-state index contributed by atoms with van der Waals surface area (Å²) in [5, 5.41) is 5.58. The zero-order chi connectivity index (χ0) is 12.5. The van der Waals surface area contributed by atoms with Gasteiger partial charge in [0.05, 0.1) is 6.61 Å². The maximum absolute atomic E-state index is 11.3. The van der Waals surface area contributed by atoms with Crippen molar-refractivity contribution in [2.75, 3.05) is 31.7 Å². The maximum atomic E-state index is 11.3. The molecule has 0 atom stereocenters. The highest BCUT2D eigenvalue weighted by atomic mass is 32.1. The minimum atomic E-state index is -0.369. The minimum Gasteiger partial charge on any atom is -0.461 e. The number of aromatic nitrogens is 1. The average Bonchev–Trinajstić information content (AvgIpc) is 2.78. The molecule has 0 unspecified atom stereocenters. The van der Waals surface area contributed by atoms with Crippen LogP contribution in [0.1, 0.15) is 30.8 Å². The Kier molecular flexibility index (Phi) is 6.57. The van der Waals surface area contributed by atoms with Gasteiger partial charge in [-0.3, -0.25) is 0 Å². The average molecular weight is 258 g/mol. The van der Waals surface area contributed by atoms with Gasteiger partial charge in [-0.25, -0.2) is 9.78 Å². The van der Waals surface area contributed by atoms with Gasteiger partial charge >= 0.3 is 5.97 Å². The normalized spacial score (nSPS) is 10.2. The Balaban J connectivity index is 2.28. The van der Waals surface area contributed by atoms with E-state index in [1.54, 1.807) is 12.3 Å². The van der Waals surface area contributed by atoms with E-state index in [0.717, 1.165) is 31.3 Å². The summed E-state index contributed by atoms with van der Waals surface area (Å²) < 4.78 is 10.1. The topological polar surface area (TPSA) is 60.5 Å². The number of hydrogen-bond acceptors (Lipinski definition) is 6. The van der Waals surface area contributed by atoms with Gasteiger partial charge in [-0.05, 0) is 20.3 Å². The number of ether oxygens (including phenoxy) is 2. The summed E-state index contributed by atoms with van der Waals surface area (Å²) in [7, 11) is 0. The Morgan fingerprint density at radius 2 is 2.29 bits per heavy atom. The molecule has 0 bridgehead atoms. The van der Waals surface area contributed by atoms with Crippen LogP contribution in [0.2, 0.25) is 0 Å². The maximum Gasteiger partial charge on any atom is 0.357 e. The van der Waals surface area contributed by atoms with Gasteiger partial charge in [0.25, 0.3) is 0 Å². The predicted molar refractivity (Wildman–Crippen MR) is 67.7 cm³/mol. The Bertz CT molecular complexity index is 341. The Labute approximate surface area is 105 Å². The van der Waals surface area contributed by atoms with Crippen LogP contribution in [0.3, 0.4) is 0 Å². The van der Waals surface area contributed by atoms with E-state index < -0.39 is 0 Å². The number of nitrogens with one attached hydrogen (secondary N) is 1. The summed E-state index contributed by atoms with van der Waals surface area (Å²) in [6, 6.07) is 0. The first kappa shape index (κ1) is 13.9. The van der Waals surface area contributed by atoms with Gasteiger partial charge in [0, 0.05) is 25.1 Å². The lowest BCUT2D eigenvalue weighted by molar-refractivity contribution is 0.0520. The number of carbonyl (C=O) groups is 1. The van der Waals surface area contributed by atoms with E-state index in [0.29, 0.717) is 12.3 Å². The van der Waals surface area contributed by atoms with E-state index in [-0.39, 0.29) is 5.97 Å². The van der Waals surface area contributed by atoms with Crippen molar-refractivity contribution in [2.45, 2.75) is 20.3 Å². The monoisotopic (exact) mass is 258 g/mol. The molecule has 0 aliphatic rings. The van der Waals surface area contributed by atoms with Gasteiger partial charge < -0.3 is 14.8 Å². The van der Waals surface area contributed by atoms with E-state index in [1.807, 2.05) is 6.92 Å². The molecule has 0 aliphatic carbocycles. The predicted octanol–water partition coefficient (Wildman–Crippen LogP) is 2.16. The molecule has 0 radical (unpaired) electrons. The number of esters is 1. The van der Waals surface area contributed by atoms with Crippen LogP contribution in [0.25, 0.3) is 0 Å². The second-order valence-corrected chi connectivity index (χ2v) is 4.09. The minimum absolute atomic E-state index is 0.365. The standard InChI is InChI=1S/C11H18N2O3S/c1-3-15-7-5-6-12-11-13-9(8-17-11)10(14)16-4-2/h8H,3-7H2,1-2H3,(H,12,13). The molecular weight excluding hydrogens is 240 g/mol. The lowest BCUT2D eigenvalue weighted by Crippen LogP contribution is -2.07. The zero-order valence-electron chi connectivity index (χ0n) is 10.2. The lowest BCUT2D eigenvalue weighted by atomic mass is 10.4. The Morgan fingerprint density at radius 3 is 3.00 bits per heavy atom. The molecule has 1 aromatic rings. The van der Waals surface area contributed by atoms with Gasteiger partial charge in [-0.2, -0.15) is 0 Å². The van der Waals surface area contributed by atoms with Crippen LogP contribution in [-0.2, 0) is 9.47 Å². The molecule has 6 heteroatoms. The number of thiazole rings is 1. The quantitative estimate of drug-likeness (QED) is 0.572. The highest BCUT2D eigenvalue weighted by Gasteiger charge is 2.10. The van der Waals surface area contributed by atoms with Crippen LogP contribution >= 0.6 is 11.3 Å². The van der Waals surface area contributed by atoms with Gasteiger partial charge in [0.15, 0.2) is 10.8 Å². The third-order valence-electron chi connectivity index (χ3n) is 1.93. The number of anilines is 1. The molecule has 0 saturated carbocycles. The number of carbonyl (C=O) groups excluding carboxylic acids is 1. The zero-order valence-corrected chi connectivity index (χ0v) is 11.0. The molecule has 0 saturated heterocycles. The molecule has 1 aromatic heterocycles. The molecule has 0 aromatic carbocycles. The van der Waals surface area contributed by atoms with Crippen molar-refractivity contribution >= 4 is 22.4 Å². The van der Waals surface area contributed by atoms with E-state index in [2.05, 4.69) is 10.3 Å². The first-order valence-corrected chi connectivity index (χ1v) is 6.60. The second-order valence-electron chi connectivity index (χ2n) is 3.24. The highest BCUT2D eigenvalue weighted by Crippen LogP contribution is 2.15. The SMILES string of the molecule is CCOCCCNc1nc(C(=O)OCC)cs1. The van der Waals surface area contributed by atoms with Crippen LogP contribution in [0, 0.1) is 0 Å². The summed E-state index contributed by atoms with van der Waals surface area (Å²) in [6.45, 7) is 6.38. The van der Waals surface area contributed by atoms with Gasteiger partial charge in [-0.1, -0.05) is 0 Å². The Hall–Kier alpha value is -1.14. The fourth-order valence-corrected chi connectivity index (χ4v) is 1.88. The summed E-state index contributed by atoms with van der Waals surface area (Å²) in [6.07, 6.45) is 0.919. The van der Waals surface area contributed by atoms with Crippen molar-refractivity contribution in [3.8, 4) is 0 Å². The molecule has 5 nitrogen and oxygen atoms in total. The highest BCUT2D eigenvalue weighted by molar-refractivity contribution is 7.13. The molecule has 1 N–H and O–H groups in total. The number of rotatable bonds is 8. The van der Waals surface area contributed by atoms with E-state index in [1.165, 1.54) is 11.3 Å². The van der Waals surface area contributed by atoms with Crippen molar-refractivity contribution in [1.82, 2.24) is 4.98 Å². The van der Waals surface area contributed by atoms with Crippen molar-refractivity contribution in [3.05, 3.63) is 11.1 Å². The van der Waals surface area contributed by atoms with Crippen LogP contribution in [0.15, 0.2) is 5.38 Å². The largest absolute Gasteiger partial charge is 0.461 e. The molecule has 0 amide bonds. The number of nitrogens with zero attached hydrogens (tertiary/aromatic N) is 1. The third-order valence-corrected chi connectivity index (χ3v) is 2.73. The number of hydrogen-bond donors (Lipinski definition) is 1. The molecule has 0 fully saturated rings. The van der Waals surface area contributed by atoms with Crippen molar-refractivity contribution < 1.29 is 14.3 Å². The van der Waals surface area contributed by atoms with E-state index in [9.17, 15) is 4.79 Å². The summed E-state index contributed by atoms with van der Waals surface area (Å²) >= 11 is 1.40. The fraction of sp³-hybridized carbons (Fsp3) is 0.636. The molecule has 0 spiro atoms. The summed E-state index contributed by atoms with van der Waals surface area (Å²) in [4.78, 5) is 15.5. The molecule has 17 heavy (non-hydrogen) atoms. The molecular formula is C11H18N2O3S. The van der Waals surface area contributed by atoms with Crippen LogP contribution in [-0.4, -0.2) is 37.3 Å². The first-order chi connectivity index (χ1) is 8.27. The molecule has 1 heterocycles. The summed E-state index contributed by atoms with van der Waals surface area (Å²) in [5.41, 5.74) is 0.365. The van der Waals surface area contributed by atoms with Crippen LogP contribution in [0.4, 0.5) is 5.13 Å². The third kappa shape index (κ3) is 5.14. The van der Waals surface area contributed by atoms with E-state index >= 15 is 0 Å². The molecule has 1 rings (SSSR count). The Morgan fingerprint density at radius 1 is 1.47 bits per heavy atom. The fourth-order valence-electron chi connectivity index (χ4n) is 1.17. The second kappa shape index (κ2) is 8.03. The lowest BCUT2D eigenvalue weighted by Gasteiger charge is -2.02. The van der Waals surface area contributed by atoms with Crippen molar-refractivity contribution in [1.29, 1.82) is 0 Å². The van der Waals surface area contributed by atoms with Gasteiger partial charge in [0.2, 0.25) is 0 Å². The van der Waals surface area contributed by atoms with Gasteiger partial charge in [-0.15, -0.1) is 11.3 Å². The molecule has 96 valence electrons.